The highest BCUT2D eigenvalue weighted by atomic mass is 35.5. The zero-order valence-corrected chi connectivity index (χ0v) is 12.9. The number of aromatic amines is 1. The van der Waals surface area contributed by atoms with Gasteiger partial charge in [-0.3, -0.25) is 5.10 Å². The molecule has 0 radical (unpaired) electrons. The second-order valence-corrected chi connectivity index (χ2v) is 6.74. The van der Waals surface area contributed by atoms with E-state index in [9.17, 15) is 12.8 Å². The number of aromatic nitrogens is 2. The van der Waals surface area contributed by atoms with E-state index in [1.807, 2.05) is 6.92 Å². The van der Waals surface area contributed by atoms with Crippen molar-refractivity contribution < 1.29 is 12.8 Å². The van der Waals surface area contributed by atoms with E-state index in [1.165, 1.54) is 0 Å². The molecule has 0 bridgehead atoms. The van der Waals surface area contributed by atoms with Crippen molar-refractivity contribution in [1.82, 2.24) is 14.9 Å². The summed E-state index contributed by atoms with van der Waals surface area (Å²) >= 11 is 5.76. The van der Waals surface area contributed by atoms with E-state index in [1.54, 1.807) is 6.20 Å². The lowest BCUT2D eigenvalue weighted by atomic mass is 10.1. The van der Waals surface area contributed by atoms with Gasteiger partial charge < -0.3 is 0 Å². The molecule has 2 aromatic rings. The number of nitrogens with zero attached hydrogens (tertiary/aromatic N) is 1. The second-order valence-electron chi connectivity index (χ2n) is 4.60. The van der Waals surface area contributed by atoms with Crippen LogP contribution in [-0.2, 0) is 16.4 Å². The summed E-state index contributed by atoms with van der Waals surface area (Å²) in [6.45, 7) is 2.17. The molecule has 8 heteroatoms. The maximum absolute atomic E-state index is 12.9. The molecule has 0 saturated heterocycles. The van der Waals surface area contributed by atoms with Crippen molar-refractivity contribution in [3.63, 3.8) is 0 Å². The summed E-state index contributed by atoms with van der Waals surface area (Å²) in [5.41, 5.74) is 2.02. The minimum atomic E-state index is -3.73. The van der Waals surface area contributed by atoms with Gasteiger partial charge in [0.15, 0.2) is 0 Å². The zero-order valence-electron chi connectivity index (χ0n) is 11.4. The van der Waals surface area contributed by atoms with Crippen LogP contribution in [0.3, 0.4) is 0 Å². The van der Waals surface area contributed by atoms with Crippen molar-refractivity contribution in [2.24, 2.45) is 0 Å². The smallest absolute Gasteiger partial charge is 0.242 e. The lowest BCUT2D eigenvalue weighted by Crippen LogP contribution is -2.25. The number of aryl methyl sites for hydroxylation is 2. The predicted octanol–water partition coefficient (Wildman–Crippen LogP) is 2.42. The van der Waals surface area contributed by atoms with Crippen molar-refractivity contribution in [2.75, 3.05) is 6.54 Å². The monoisotopic (exact) mass is 331 g/mol. The highest BCUT2D eigenvalue weighted by Gasteiger charge is 2.17. The first kappa shape index (κ1) is 15.9. The van der Waals surface area contributed by atoms with Gasteiger partial charge in [-0.05, 0) is 43.5 Å². The Hall–Kier alpha value is -1.44. The fourth-order valence-electron chi connectivity index (χ4n) is 1.88. The van der Waals surface area contributed by atoms with Gasteiger partial charge in [0.05, 0.1) is 11.2 Å². The molecule has 0 saturated carbocycles. The Kier molecular flexibility index (Phi) is 4.97. The number of H-pyrrole nitrogens is 1. The standard InChI is InChI=1S/C13H15ClFN3O2S/c1-9-10(8-16-18-9)3-2-6-17-21(19,20)13-5-4-11(15)7-12(13)14/h4-5,7-8,17H,2-3,6H2,1H3,(H,16,18). The van der Waals surface area contributed by atoms with E-state index in [0.717, 1.165) is 29.5 Å². The summed E-state index contributed by atoms with van der Waals surface area (Å²) in [7, 11) is -3.73. The van der Waals surface area contributed by atoms with Crippen LogP contribution in [0.5, 0.6) is 0 Å². The molecule has 2 N–H and O–H groups in total. The van der Waals surface area contributed by atoms with Crippen LogP contribution in [-0.4, -0.2) is 25.2 Å². The number of hydrogen-bond acceptors (Lipinski definition) is 3. The summed E-state index contributed by atoms with van der Waals surface area (Å²) in [5, 5.41) is 6.59. The molecule has 114 valence electrons. The SMILES string of the molecule is Cc1[nH]ncc1CCCNS(=O)(=O)c1ccc(F)cc1Cl. The third kappa shape index (κ3) is 4.03. The van der Waals surface area contributed by atoms with Gasteiger partial charge in [-0.25, -0.2) is 17.5 Å². The Morgan fingerprint density at radius 3 is 2.81 bits per heavy atom. The molecule has 0 aliphatic rings. The van der Waals surface area contributed by atoms with Crippen molar-refractivity contribution in [3.05, 3.63) is 46.5 Å². The predicted molar refractivity (Wildman–Crippen MR) is 78.2 cm³/mol. The molecule has 2 rings (SSSR count). The fraction of sp³-hybridized carbons (Fsp3) is 0.308. The van der Waals surface area contributed by atoms with Gasteiger partial charge in [-0.15, -0.1) is 0 Å². The van der Waals surface area contributed by atoms with Crippen LogP contribution in [0.25, 0.3) is 0 Å². The quantitative estimate of drug-likeness (QED) is 0.798. The summed E-state index contributed by atoms with van der Waals surface area (Å²) < 4.78 is 39.5. The molecular formula is C13H15ClFN3O2S. The average Bonchev–Trinajstić information content (AvgIpc) is 2.80. The van der Waals surface area contributed by atoms with Crippen LogP contribution in [0.1, 0.15) is 17.7 Å². The first-order chi connectivity index (χ1) is 9.90. The number of sulfonamides is 1. The Morgan fingerprint density at radius 2 is 2.19 bits per heavy atom. The molecule has 0 atom stereocenters. The van der Waals surface area contributed by atoms with Crippen molar-refractivity contribution >= 4 is 21.6 Å². The number of halogens is 2. The highest BCUT2D eigenvalue weighted by molar-refractivity contribution is 7.89. The van der Waals surface area contributed by atoms with Crippen molar-refractivity contribution in [2.45, 2.75) is 24.7 Å². The first-order valence-electron chi connectivity index (χ1n) is 6.34. The summed E-state index contributed by atoms with van der Waals surface area (Å²) in [5.74, 6) is -0.575. The lowest BCUT2D eigenvalue weighted by molar-refractivity contribution is 0.578. The fourth-order valence-corrected chi connectivity index (χ4v) is 3.49. The normalized spacial score (nSPS) is 11.8. The highest BCUT2D eigenvalue weighted by Crippen LogP contribution is 2.21. The van der Waals surface area contributed by atoms with Crippen LogP contribution in [0.4, 0.5) is 4.39 Å². The summed E-state index contributed by atoms with van der Waals surface area (Å²) in [4.78, 5) is -0.120. The number of rotatable bonds is 6. The molecule has 0 amide bonds. The number of hydrogen-bond donors (Lipinski definition) is 2. The van der Waals surface area contributed by atoms with Gasteiger partial charge in [0, 0.05) is 12.2 Å². The van der Waals surface area contributed by atoms with Crippen LogP contribution >= 0.6 is 11.6 Å². The molecule has 0 fully saturated rings. The van der Waals surface area contributed by atoms with Gasteiger partial charge in [0.1, 0.15) is 10.7 Å². The Morgan fingerprint density at radius 1 is 1.43 bits per heavy atom. The molecule has 1 aromatic heterocycles. The average molecular weight is 332 g/mol. The Bertz CT molecular complexity index is 731. The summed E-state index contributed by atoms with van der Waals surface area (Å²) in [6, 6.07) is 3.19. The van der Waals surface area contributed by atoms with Gasteiger partial charge >= 0.3 is 0 Å². The molecular weight excluding hydrogens is 317 g/mol. The van der Waals surface area contributed by atoms with E-state index in [2.05, 4.69) is 14.9 Å². The van der Waals surface area contributed by atoms with Gasteiger partial charge in [-0.1, -0.05) is 11.6 Å². The number of nitrogens with one attached hydrogen (secondary N) is 2. The Labute approximate surface area is 127 Å². The van der Waals surface area contributed by atoms with Gasteiger partial charge in [0.2, 0.25) is 10.0 Å². The molecule has 0 spiro atoms. The molecule has 21 heavy (non-hydrogen) atoms. The van der Waals surface area contributed by atoms with E-state index >= 15 is 0 Å². The third-order valence-electron chi connectivity index (χ3n) is 3.03. The van der Waals surface area contributed by atoms with Crippen LogP contribution in [0, 0.1) is 12.7 Å². The van der Waals surface area contributed by atoms with Crippen LogP contribution in [0.2, 0.25) is 5.02 Å². The molecule has 1 aromatic carbocycles. The van der Waals surface area contributed by atoms with Crippen molar-refractivity contribution in [3.8, 4) is 0 Å². The van der Waals surface area contributed by atoms with Crippen LogP contribution < -0.4 is 4.72 Å². The van der Waals surface area contributed by atoms with Crippen LogP contribution in [0.15, 0.2) is 29.3 Å². The first-order valence-corrected chi connectivity index (χ1v) is 8.20. The topological polar surface area (TPSA) is 74.8 Å². The molecule has 1 heterocycles. The molecule has 5 nitrogen and oxygen atoms in total. The van der Waals surface area contributed by atoms with E-state index in [4.69, 9.17) is 11.6 Å². The maximum atomic E-state index is 12.9. The minimum absolute atomic E-state index is 0.120. The van der Waals surface area contributed by atoms with E-state index < -0.39 is 15.8 Å². The second kappa shape index (κ2) is 6.55. The molecule has 0 unspecified atom stereocenters. The largest absolute Gasteiger partial charge is 0.283 e. The summed E-state index contributed by atoms with van der Waals surface area (Å²) in [6.07, 6.45) is 3.06. The van der Waals surface area contributed by atoms with Gasteiger partial charge in [0.25, 0.3) is 0 Å². The third-order valence-corrected chi connectivity index (χ3v) is 4.98. The lowest BCUT2D eigenvalue weighted by Gasteiger charge is -2.08. The Balaban J connectivity index is 1.94. The molecule has 0 aliphatic heterocycles. The van der Waals surface area contributed by atoms with Crippen molar-refractivity contribution in [1.29, 1.82) is 0 Å². The van der Waals surface area contributed by atoms with Gasteiger partial charge in [-0.2, -0.15) is 5.10 Å². The van der Waals surface area contributed by atoms with E-state index in [0.29, 0.717) is 12.8 Å². The minimum Gasteiger partial charge on any atom is -0.283 e. The number of benzene rings is 1. The molecule has 0 aliphatic carbocycles. The maximum Gasteiger partial charge on any atom is 0.242 e. The van der Waals surface area contributed by atoms with E-state index in [-0.39, 0.29) is 16.5 Å². The zero-order chi connectivity index (χ0) is 15.5.